The second-order valence-corrected chi connectivity index (χ2v) is 4.08. The molecule has 1 fully saturated rings. The first-order valence-electron chi connectivity index (χ1n) is 4.98. The lowest BCUT2D eigenvalue weighted by atomic mass is 10.0. The zero-order valence-corrected chi connectivity index (χ0v) is 8.71. The molecule has 16 heavy (non-hydrogen) atoms. The third-order valence-corrected chi connectivity index (χ3v) is 2.98. The highest BCUT2D eigenvalue weighted by Gasteiger charge is 2.45. The zero-order chi connectivity index (χ0) is 11.9. The molecule has 5 heteroatoms. The highest BCUT2D eigenvalue weighted by Crippen LogP contribution is 2.49. The molecule has 1 saturated carbocycles. The van der Waals surface area contributed by atoms with E-state index < -0.39 is 10.9 Å². The molecular formula is C11H11NO4. The maximum atomic E-state index is 10.7. The van der Waals surface area contributed by atoms with Crippen LogP contribution in [0.1, 0.15) is 23.5 Å². The summed E-state index contributed by atoms with van der Waals surface area (Å²) in [7, 11) is 0. The molecule has 1 N–H and O–H groups in total. The molecule has 1 aromatic carbocycles. The number of non-ortho nitro benzene ring substituents is 1. The second kappa shape index (κ2) is 3.59. The predicted molar refractivity (Wildman–Crippen MR) is 56.3 cm³/mol. The van der Waals surface area contributed by atoms with E-state index in [0.717, 1.165) is 11.1 Å². The molecular weight excluding hydrogens is 210 g/mol. The van der Waals surface area contributed by atoms with Gasteiger partial charge < -0.3 is 5.11 Å². The molecule has 1 aliphatic carbocycles. The molecule has 0 aromatic heterocycles. The van der Waals surface area contributed by atoms with Gasteiger partial charge in [0.05, 0.1) is 10.8 Å². The lowest BCUT2D eigenvalue weighted by Gasteiger charge is -2.03. The van der Waals surface area contributed by atoms with Crippen LogP contribution in [0.3, 0.4) is 0 Å². The second-order valence-electron chi connectivity index (χ2n) is 4.08. The number of nitrogens with zero attached hydrogens (tertiary/aromatic N) is 1. The molecule has 84 valence electrons. The van der Waals surface area contributed by atoms with E-state index in [1.807, 2.05) is 6.92 Å². The van der Waals surface area contributed by atoms with E-state index in [4.69, 9.17) is 5.11 Å². The number of aliphatic carboxylic acids is 1. The van der Waals surface area contributed by atoms with E-state index in [0.29, 0.717) is 6.42 Å². The third-order valence-electron chi connectivity index (χ3n) is 2.98. The minimum Gasteiger partial charge on any atom is -0.481 e. The van der Waals surface area contributed by atoms with Crippen LogP contribution < -0.4 is 0 Å². The lowest BCUT2D eigenvalue weighted by molar-refractivity contribution is -0.384. The summed E-state index contributed by atoms with van der Waals surface area (Å²) in [5.74, 6) is -1.26. The van der Waals surface area contributed by atoms with Crippen molar-refractivity contribution in [2.45, 2.75) is 19.3 Å². The fraction of sp³-hybridized carbons (Fsp3) is 0.364. The van der Waals surface area contributed by atoms with Crippen LogP contribution in [0.2, 0.25) is 0 Å². The number of aryl methyl sites for hydroxylation is 1. The summed E-state index contributed by atoms with van der Waals surface area (Å²) in [6.07, 6.45) is 0.581. The van der Waals surface area contributed by atoms with Gasteiger partial charge >= 0.3 is 5.97 Å². The third kappa shape index (κ3) is 1.76. The van der Waals surface area contributed by atoms with E-state index in [9.17, 15) is 14.9 Å². The van der Waals surface area contributed by atoms with Crippen LogP contribution in [0, 0.1) is 23.0 Å². The van der Waals surface area contributed by atoms with E-state index in [-0.39, 0.29) is 17.5 Å². The van der Waals surface area contributed by atoms with Gasteiger partial charge in [0.25, 0.3) is 5.69 Å². The van der Waals surface area contributed by atoms with Crippen molar-refractivity contribution in [2.75, 3.05) is 0 Å². The van der Waals surface area contributed by atoms with Crippen molar-refractivity contribution in [3.63, 3.8) is 0 Å². The topological polar surface area (TPSA) is 80.4 Å². The molecule has 0 amide bonds. The fourth-order valence-corrected chi connectivity index (χ4v) is 1.95. The Kier molecular flexibility index (Phi) is 2.38. The van der Waals surface area contributed by atoms with E-state index in [1.54, 1.807) is 6.07 Å². The minimum atomic E-state index is -0.823. The molecule has 1 aliphatic rings. The Hall–Kier alpha value is -1.91. The number of carboxylic acid groups (broad SMARTS) is 1. The quantitative estimate of drug-likeness (QED) is 0.626. The van der Waals surface area contributed by atoms with Gasteiger partial charge in [-0.2, -0.15) is 0 Å². The van der Waals surface area contributed by atoms with Gasteiger partial charge in [0.15, 0.2) is 0 Å². The van der Waals surface area contributed by atoms with Crippen LogP contribution in [0.4, 0.5) is 5.69 Å². The maximum absolute atomic E-state index is 10.7. The summed E-state index contributed by atoms with van der Waals surface area (Å²) >= 11 is 0. The first kappa shape index (κ1) is 10.6. The van der Waals surface area contributed by atoms with Crippen molar-refractivity contribution in [3.05, 3.63) is 39.4 Å². The Bertz CT molecular complexity index is 469. The lowest BCUT2D eigenvalue weighted by Crippen LogP contribution is -2.00. The van der Waals surface area contributed by atoms with Gasteiger partial charge in [-0.25, -0.2) is 0 Å². The Morgan fingerprint density at radius 2 is 2.25 bits per heavy atom. The molecule has 1 aromatic rings. The number of carbonyl (C=O) groups is 1. The molecule has 0 unspecified atom stereocenters. The predicted octanol–water partition coefficient (Wildman–Crippen LogP) is 2.09. The standard InChI is InChI=1S/C11H11NO4/c1-6-2-3-7(12(15)16)4-8(6)9-5-10(9)11(13)14/h2-4,9-10H,5H2,1H3,(H,13,14)/t9-,10+/m0/s1. The first-order valence-corrected chi connectivity index (χ1v) is 4.98. The van der Waals surface area contributed by atoms with Gasteiger partial charge in [-0.1, -0.05) is 6.07 Å². The zero-order valence-electron chi connectivity index (χ0n) is 8.71. The maximum Gasteiger partial charge on any atom is 0.307 e. The Balaban J connectivity index is 2.31. The first-order chi connectivity index (χ1) is 7.50. The van der Waals surface area contributed by atoms with Gasteiger partial charge in [0.2, 0.25) is 0 Å². The van der Waals surface area contributed by atoms with Gasteiger partial charge in [0, 0.05) is 12.1 Å². The molecule has 0 heterocycles. The number of rotatable bonds is 3. The summed E-state index contributed by atoms with van der Waals surface area (Å²) < 4.78 is 0. The molecule has 0 spiro atoms. The van der Waals surface area contributed by atoms with Crippen molar-refractivity contribution in [1.82, 2.24) is 0 Å². The molecule has 5 nitrogen and oxygen atoms in total. The monoisotopic (exact) mass is 221 g/mol. The largest absolute Gasteiger partial charge is 0.481 e. The fourth-order valence-electron chi connectivity index (χ4n) is 1.95. The van der Waals surface area contributed by atoms with Gasteiger partial charge in [-0.15, -0.1) is 0 Å². The number of benzene rings is 1. The highest BCUT2D eigenvalue weighted by atomic mass is 16.6. The number of hydrogen-bond donors (Lipinski definition) is 1. The summed E-state index contributed by atoms with van der Waals surface area (Å²) in [5, 5.41) is 19.4. The number of hydrogen-bond acceptors (Lipinski definition) is 3. The Morgan fingerprint density at radius 3 is 2.75 bits per heavy atom. The van der Waals surface area contributed by atoms with Gasteiger partial charge in [0.1, 0.15) is 0 Å². The average molecular weight is 221 g/mol. The van der Waals surface area contributed by atoms with E-state index in [1.165, 1.54) is 12.1 Å². The number of carboxylic acids is 1. The highest BCUT2D eigenvalue weighted by molar-refractivity contribution is 5.75. The minimum absolute atomic E-state index is 0.0247. The SMILES string of the molecule is Cc1ccc([N+](=O)[O-])cc1[C@@H]1C[C@H]1C(=O)O. The van der Waals surface area contributed by atoms with Gasteiger partial charge in [-0.05, 0) is 30.4 Å². The summed E-state index contributed by atoms with van der Waals surface area (Å²) in [6.45, 7) is 1.84. The van der Waals surface area contributed by atoms with Crippen LogP contribution in [0.5, 0.6) is 0 Å². The van der Waals surface area contributed by atoms with Crippen LogP contribution in [-0.2, 0) is 4.79 Å². The normalized spacial score (nSPS) is 22.8. The average Bonchev–Trinajstić information content (AvgIpc) is 2.97. The van der Waals surface area contributed by atoms with Crippen LogP contribution in [0.15, 0.2) is 18.2 Å². The van der Waals surface area contributed by atoms with Crippen LogP contribution >= 0.6 is 0 Å². The van der Waals surface area contributed by atoms with Crippen molar-refractivity contribution >= 4 is 11.7 Å². The van der Waals surface area contributed by atoms with E-state index in [2.05, 4.69) is 0 Å². The smallest absolute Gasteiger partial charge is 0.307 e. The molecule has 0 bridgehead atoms. The van der Waals surface area contributed by atoms with Crippen molar-refractivity contribution in [3.8, 4) is 0 Å². The van der Waals surface area contributed by atoms with Crippen LogP contribution in [-0.4, -0.2) is 16.0 Å². The molecule has 2 rings (SSSR count). The number of nitro benzene ring substituents is 1. The summed E-state index contributed by atoms with van der Waals surface area (Å²) in [5.41, 5.74) is 1.73. The Morgan fingerprint density at radius 1 is 1.56 bits per heavy atom. The number of nitro groups is 1. The Labute approximate surface area is 91.9 Å². The van der Waals surface area contributed by atoms with Crippen LogP contribution in [0.25, 0.3) is 0 Å². The van der Waals surface area contributed by atoms with Crippen molar-refractivity contribution in [1.29, 1.82) is 0 Å². The summed E-state index contributed by atoms with van der Waals surface area (Å²) in [6, 6.07) is 4.60. The molecule has 2 atom stereocenters. The van der Waals surface area contributed by atoms with Crippen molar-refractivity contribution < 1.29 is 14.8 Å². The molecule has 0 saturated heterocycles. The van der Waals surface area contributed by atoms with Crippen molar-refractivity contribution in [2.24, 2.45) is 5.92 Å². The molecule has 0 radical (unpaired) electrons. The van der Waals surface area contributed by atoms with Gasteiger partial charge in [-0.3, -0.25) is 14.9 Å². The molecule has 0 aliphatic heterocycles. The summed E-state index contributed by atoms with van der Waals surface area (Å²) in [4.78, 5) is 20.9. The van der Waals surface area contributed by atoms with E-state index >= 15 is 0 Å².